The Kier molecular flexibility index (Phi) is 3.86. The van der Waals surface area contributed by atoms with Crippen LogP contribution in [0.25, 0.3) is 0 Å². The van der Waals surface area contributed by atoms with Gasteiger partial charge in [-0.3, -0.25) is 0 Å². The first-order valence-corrected chi connectivity index (χ1v) is 5.81. The Bertz CT molecular complexity index is 545. The van der Waals surface area contributed by atoms with Gasteiger partial charge in [-0.2, -0.15) is 4.58 Å². The highest BCUT2D eigenvalue weighted by atomic mass is 35.5. The van der Waals surface area contributed by atoms with E-state index >= 15 is 0 Å². The van der Waals surface area contributed by atoms with Gasteiger partial charge in [0.25, 0.3) is 0 Å². The SMILES string of the molecule is CC(=NO)C1=[N+](C)c2ccc(C)cc2C1(C)C.[Cl-]. The highest BCUT2D eigenvalue weighted by Gasteiger charge is 2.45. The molecule has 0 atom stereocenters. The molecule has 1 heterocycles. The molecule has 0 unspecified atom stereocenters. The second kappa shape index (κ2) is 4.73. The van der Waals surface area contributed by atoms with Crippen LogP contribution >= 0.6 is 0 Å². The summed E-state index contributed by atoms with van der Waals surface area (Å²) < 4.78 is 2.11. The Balaban J connectivity index is 0.00000162. The zero-order chi connectivity index (χ0) is 12.8. The van der Waals surface area contributed by atoms with Gasteiger partial charge in [0.2, 0.25) is 11.4 Å². The molecule has 2 rings (SSSR count). The molecule has 0 amide bonds. The molecule has 0 aromatic heterocycles. The molecular weight excluding hydrogens is 248 g/mol. The van der Waals surface area contributed by atoms with Crippen molar-refractivity contribution < 1.29 is 22.2 Å². The van der Waals surface area contributed by atoms with Gasteiger partial charge in [-0.25, -0.2) is 0 Å². The monoisotopic (exact) mass is 266 g/mol. The van der Waals surface area contributed by atoms with Gasteiger partial charge in [0.1, 0.15) is 12.8 Å². The summed E-state index contributed by atoms with van der Waals surface area (Å²) in [5.74, 6) is 0. The van der Waals surface area contributed by atoms with Crippen molar-refractivity contribution in [1.29, 1.82) is 0 Å². The topological polar surface area (TPSA) is 35.6 Å². The van der Waals surface area contributed by atoms with Crippen LogP contribution in [0, 0.1) is 6.92 Å². The van der Waals surface area contributed by atoms with Crippen LogP contribution < -0.4 is 12.4 Å². The fourth-order valence-electron chi connectivity index (χ4n) is 2.85. The maximum absolute atomic E-state index is 9.02. The van der Waals surface area contributed by atoms with E-state index in [-0.39, 0.29) is 17.8 Å². The van der Waals surface area contributed by atoms with Crippen molar-refractivity contribution in [3.8, 4) is 0 Å². The predicted octanol–water partition coefficient (Wildman–Crippen LogP) is -0.145. The lowest BCUT2D eigenvalue weighted by Crippen LogP contribution is -3.00. The average Bonchev–Trinajstić information content (AvgIpc) is 2.46. The second-order valence-electron chi connectivity index (χ2n) is 5.24. The first-order chi connectivity index (χ1) is 7.89. The van der Waals surface area contributed by atoms with E-state index in [9.17, 15) is 0 Å². The molecule has 4 heteroatoms. The molecule has 1 aromatic rings. The van der Waals surface area contributed by atoms with Crippen LogP contribution in [0.4, 0.5) is 5.69 Å². The van der Waals surface area contributed by atoms with Gasteiger partial charge >= 0.3 is 0 Å². The van der Waals surface area contributed by atoms with Gasteiger partial charge in [-0.05, 0) is 33.8 Å². The zero-order valence-corrected chi connectivity index (χ0v) is 12.2. The maximum Gasteiger partial charge on any atom is 0.216 e. The molecule has 0 saturated carbocycles. The van der Waals surface area contributed by atoms with E-state index in [0.717, 1.165) is 5.71 Å². The van der Waals surface area contributed by atoms with Crippen LogP contribution in [0.5, 0.6) is 0 Å². The van der Waals surface area contributed by atoms with E-state index in [0.29, 0.717) is 5.71 Å². The Hall–Kier alpha value is -1.35. The number of aryl methyl sites for hydroxylation is 1. The third-order valence-corrected chi connectivity index (χ3v) is 3.61. The van der Waals surface area contributed by atoms with Crippen molar-refractivity contribution >= 4 is 17.1 Å². The highest BCUT2D eigenvalue weighted by Crippen LogP contribution is 2.39. The van der Waals surface area contributed by atoms with E-state index in [1.165, 1.54) is 16.8 Å². The molecular formula is C14H19ClN2O. The van der Waals surface area contributed by atoms with Crippen LogP contribution in [0.15, 0.2) is 23.4 Å². The molecule has 0 fully saturated rings. The van der Waals surface area contributed by atoms with E-state index in [1.807, 2.05) is 14.0 Å². The zero-order valence-electron chi connectivity index (χ0n) is 11.5. The smallest absolute Gasteiger partial charge is 0.216 e. The molecule has 1 N–H and O–H groups in total. The quantitative estimate of drug-likeness (QED) is 0.327. The van der Waals surface area contributed by atoms with Gasteiger partial charge in [-0.1, -0.05) is 16.8 Å². The summed E-state index contributed by atoms with van der Waals surface area (Å²) in [6.45, 7) is 8.27. The van der Waals surface area contributed by atoms with Crippen molar-refractivity contribution in [1.82, 2.24) is 0 Å². The summed E-state index contributed by atoms with van der Waals surface area (Å²) in [5, 5.41) is 12.4. The largest absolute Gasteiger partial charge is 1.00 e. The van der Waals surface area contributed by atoms with Crippen LogP contribution in [-0.2, 0) is 5.41 Å². The lowest BCUT2D eigenvalue weighted by atomic mass is 9.79. The van der Waals surface area contributed by atoms with E-state index in [4.69, 9.17) is 5.21 Å². The standard InChI is InChI=1S/C14H18N2O.ClH/c1-9-6-7-12-11(8-9)14(3,4)13(16(12)5)10(2)15-17;/h6-8H,1-5H3;1H. The number of halogens is 1. The lowest BCUT2D eigenvalue weighted by Gasteiger charge is -2.16. The van der Waals surface area contributed by atoms with Gasteiger partial charge in [0.05, 0.1) is 5.41 Å². The number of benzene rings is 1. The van der Waals surface area contributed by atoms with Gasteiger partial charge < -0.3 is 17.6 Å². The third kappa shape index (κ3) is 1.93. The number of rotatable bonds is 1. The molecule has 0 bridgehead atoms. The molecule has 18 heavy (non-hydrogen) atoms. The molecule has 1 aliphatic rings. The van der Waals surface area contributed by atoms with Crippen molar-refractivity contribution in [2.75, 3.05) is 7.05 Å². The maximum atomic E-state index is 9.02. The number of hydrogen-bond donors (Lipinski definition) is 1. The van der Waals surface area contributed by atoms with E-state index in [2.05, 4.69) is 48.7 Å². The summed E-state index contributed by atoms with van der Waals surface area (Å²) in [5.41, 5.74) is 5.35. The van der Waals surface area contributed by atoms with Crippen molar-refractivity contribution in [2.45, 2.75) is 33.1 Å². The third-order valence-electron chi connectivity index (χ3n) is 3.61. The Labute approximate surface area is 114 Å². The van der Waals surface area contributed by atoms with Crippen LogP contribution in [0.2, 0.25) is 0 Å². The fraction of sp³-hybridized carbons (Fsp3) is 0.429. The van der Waals surface area contributed by atoms with Gasteiger partial charge in [-0.15, -0.1) is 0 Å². The summed E-state index contributed by atoms with van der Waals surface area (Å²) in [4.78, 5) is 0. The molecule has 0 spiro atoms. The number of oxime groups is 1. The van der Waals surface area contributed by atoms with Crippen molar-refractivity contribution in [2.24, 2.45) is 5.16 Å². The normalized spacial score (nSPS) is 17.5. The van der Waals surface area contributed by atoms with E-state index in [1.54, 1.807) is 0 Å². The first-order valence-electron chi connectivity index (χ1n) is 5.81. The molecule has 1 aromatic carbocycles. The minimum atomic E-state index is -0.119. The second-order valence-corrected chi connectivity index (χ2v) is 5.24. The number of nitrogens with zero attached hydrogens (tertiary/aromatic N) is 2. The molecule has 0 aliphatic carbocycles. The Morgan fingerprint density at radius 1 is 1.33 bits per heavy atom. The minimum Gasteiger partial charge on any atom is -1.00 e. The molecule has 1 aliphatic heterocycles. The molecule has 3 nitrogen and oxygen atoms in total. The fourth-order valence-corrected chi connectivity index (χ4v) is 2.85. The van der Waals surface area contributed by atoms with Gasteiger partial charge in [0, 0.05) is 11.6 Å². The highest BCUT2D eigenvalue weighted by molar-refractivity contribution is 6.43. The Morgan fingerprint density at radius 3 is 2.50 bits per heavy atom. The van der Waals surface area contributed by atoms with Crippen molar-refractivity contribution in [3.05, 3.63) is 29.3 Å². The average molecular weight is 267 g/mol. The van der Waals surface area contributed by atoms with Gasteiger partial charge in [0.15, 0.2) is 0 Å². The predicted molar refractivity (Wildman–Crippen MR) is 70.0 cm³/mol. The lowest BCUT2D eigenvalue weighted by molar-refractivity contribution is -0.400. The van der Waals surface area contributed by atoms with Crippen LogP contribution in [0.1, 0.15) is 31.9 Å². The number of fused-ring (bicyclic) bond motifs is 1. The summed E-state index contributed by atoms with van der Waals surface area (Å²) >= 11 is 0. The summed E-state index contributed by atoms with van der Waals surface area (Å²) in [7, 11) is 2.02. The number of hydrogen-bond acceptors (Lipinski definition) is 2. The van der Waals surface area contributed by atoms with E-state index < -0.39 is 0 Å². The summed E-state index contributed by atoms with van der Waals surface area (Å²) in [6.07, 6.45) is 0. The first kappa shape index (κ1) is 14.7. The van der Waals surface area contributed by atoms with Crippen LogP contribution in [-0.4, -0.2) is 28.3 Å². The summed E-state index contributed by atoms with van der Waals surface area (Å²) in [6, 6.07) is 6.45. The minimum absolute atomic E-state index is 0. The molecule has 0 saturated heterocycles. The molecule has 0 radical (unpaired) electrons. The van der Waals surface area contributed by atoms with Crippen LogP contribution in [0.3, 0.4) is 0 Å². The van der Waals surface area contributed by atoms with Crippen molar-refractivity contribution in [3.63, 3.8) is 0 Å². The molecule has 98 valence electrons. The Morgan fingerprint density at radius 2 is 1.94 bits per heavy atom.